The number of nitrogens with two attached hydrogens (primary N) is 1. The monoisotopic (exact) mass is 327 g/mol. The van der Waals surface area contributed by atoms with Gasteiger partial charge in [-0.15, -0.1) is 0 Å². The van der Waals surface area contributed by atoms with Crippen molar-refractivity contribution in [2.24, 2.45) is 5.73 Å². The van der Waals surface area contributed by atoms with Gasteiger partial charge in [0.2, 0.25) is 10.0 Å². The fourth-order valence-electron chi connectivity index (χ4n) is 2.42. The first-order valence-electron chi connectivity index (χ1n) is 7.11. The van der Waals surface area contributed by atoms with Crippen molar-refractivity contribution in [2.45, 2.75) is 24.2 Å². The molecule has 1 aromatic carbocycles. The number of benzene rings is 1. The lowest BCUT2D eigenvalue weighted by atomic mass is 10.1. The predicted octanol–water partition coefficient (Wildman–Crippen LogP) is 1.08. The summed E-state index contributed by atoms with van der Waals surface area (Å²) < 4.78 is 27.1. The molecule has 1 aliphatic rings. The van der Waals surface area contributed by atoms with Gasteiger partial charge in [0.05, 0.1) is 4.90 Å². The molecule has 1 saturated heterocycles. The molecule has 21 heavy (non-hydrogen) atoms. The Labute approximate surface area is 131 Å². The number of nitrogens with one attached hydrogen (secondary N) is 1. The molecule has 0 bridgehead atoms. The van der Waals surface area contributed by atoms with Gasteiger partial charge in [-0.2, -0.15) is 0 Å². The summed E-state index contributed by atoms with van der Waals surface area (Å²) in [5.41, 5.74) is 6.09. The van der Waals surface area contributed by atoms with Crippen LogP contribution in [-0.2, 0) is 10.0 Å². The van der Waals surface area contributed by atoms with E-state index in [1.807, 2.05) is 0 Å². The number of hydrogen-bond acceptors (Lipinski definition) is 4. The lowest BCUT2D eigenvalue weighted by Crippen LogP contribution is -2.37. The van der Waals surface area contributed by atoms with Crippen molar-refractivity contribution < 1.29 is 8.42 Å². The molecule has 0 aromatic heterocycles. The predicted molar refractivity (Wildman–Crippen MR) is 87.8 cm³/mol. The maximum Gasteiger partial charge on any atom is 0.240 e. The van der Waals surface area contributed by atoms with Gasteiger partial charge in [-0.3, -0.25) is 0 Å². The van der Waals surface area contributed by atoms with E-state index in [4.69, 9.17) is 18.0 Å². The zero-order valence-corrected chi connectivity index (χ0v) is 13.5. The van der Waals surface area contributed by atoms with Crippen molar-refractivity contribution in [1.29, 1.82) is 0 Å². The normalized spacial score (nSPS) is 16.8. The Morgan fingerprint density at radius 3 is 2.67 bits per heavy atom. The van der Waals surface area contributed by atoms with Crippen molar-refractivity contribution in [3.63, 3.8) is 0 Å². The fraction of sp³-hybridized carbons (Fsp3) is 0.500. The van der Waals surface area contributed by atoms with Crippen LogP contribution >= 0.6 is 12.2 Å². The van der Waals surface area contributed by atoms with E-state index in [2.05, 4.69) is 9.62 Å². The smallest absolute Gasteiger partial charge is 0.240 e. The first-order chi connectivity index (χ1) is 9.99. The summed E-state index contributed by atoms with van der Waals surface area (Å²) in [4.78, 5) is 2.68. The Balaban J connectivity index is 1.94. The third-order valence-electron chi connectivity index (χ3n) is 3.60. The van der Waals surface area contributed by atoms with Gasteiger partial charge in [0, 0.05) is 18.7 Å². The highest BCUT2D eigenvalue weighted by molar-refractivity contribution is 7.89. The number of sulfonamides is 1. The van der Waals surface area contributed by atoms with Crippen LogP contribution in [0.15, 0.2) is 29.2 Å². The Bertz CT molecular complexity index is 596. The van der Waals surface area contributed by atoms with Crippen LogP contribution in [0.4, 0.5) is 0 Å². The SMILES string of the molecule is NC(=S)c1cccc(S(=O)(=O)NCCN2CCCCC2)c1. The molecule has 0 spiro atoms. The van der Waals surface area contributed by atoms with Crippen LogP contribution in [-0.4, -0.2) is 44.5 Å². The highest BCUT2D eigenvalue weighted by Gasteiger charge is 2.16. The van der Waals surface area contributed by atoms with E-state index in [0.717, 1.165) is 19.6 Å². The zero-order valence-electron chi connectivity index (χ0n) is 11.9. The van der Waals surface area contributed by atoms with E-state index >= 15 is 0 Å². The lowest BCUT2D eigenvalue weighted by Gasteiger charge is -2.26. The van der Waals surface area contributed by atoms with Crippen LogP contribution < -0.4 is 10.5 Å². The van der Waals surface area contributed by atoms with Crippen LogP contribution in [0.2, 0.25) is 0 Å². The summed E-state index contributed by atoms with van der Waals surface area (Å²) in [6, 6.07) is 6.40. The summed E-state index contributed by atoms with van der Waals surface area (Å²) in [7, 11) is -3.51. The lowest BCUT2D eigenvalue weighted by molar-refractivity contribution is 0.233. The third kappa shape index (κ3) is 4.74. The molecule has 0 saturated carbocycles. The molecule has 2 rings (SSSR count). The molecule has 1 fully saturated rings. The molecule has 3 N–H and O–H groups in total. The molecule has 0 unspecified atom stereocenters. The largest absolute Gasteiger partial charge is 0.389 e. The van der Waals surface area contributed by atoms with E-state index in [0.29, 0.717) is 12.1 Å². The van der Waals surface area contributed by atoms with E-state index in [1.54, 1.807) is 18.2 Å². The summed E-state index contributed by atoms with van der Waals surface area (Å²) in [5, 5.41) is 0. The molecule has 0 amide bonds. The Hall–Kier alpha value is -1.02. The molecule has 7 heteroatoms. The summed E-state index contributed by atoms with van der Waals surface area (Å²) in [6.07, 6.45) is 3.67. The highest BCUT2D eigenvalue weighted by atomic mass is 32.2. The van der Waals surface area contributed by atoms with Gasteiger partial charge in [-0.05, 0) is 38.1 Å². The molecule has 0 atom stereocenters. The third-order valence-corrected chi connectivity index (χ3v) is 5.29. The average Bonchev–Trinajstić information content (AvgIpc) is 2.48. The Kier molecular flexibility index (Phi) is 5.69. The van der Waals surface area contributed by atoms with Crippen LogP contribution in [0, 0.1) is 0 Å². The second kappa shape index (κ2) is 7.31. The number of nitrogens with zero attached hydrogens (tertiary/aromatic N) is 1. The van der Waals surface area contributed by atoms with Crippen molar-refractivity contribution in [2.75, 3.05) is 26.2 Å². The summed E-state index contributed by atoms with van der Waals surface area (Å²) >= 11 is 4.87. The summed E-state index contributed by atoms with van der Waals surface area (Å²) in [5.74, 6) is 0. The molecular formula is C14H21N3O2S2. The molecule has 0 radical (unpaired) electrons. The minimum absolute atomic E-state index is 0.195. The van der Waals surface area contributed by atoms with Crippen molar-refractivity contribution in [1.82, 2.24) is 9.62 Å². The van der Waals surface area contributed by atoms with Crippen LogP contribution in [0.1, 0.15) is 24.8 Å². The summed E-state index contributed by atoms with van der Waals surface area (Å²) in [6.45, 7) is 3.27. The topological polar surface area (TPSA) is 75.4 Å². The maximum atomic E-state index is 12.2. The number of likely N-dealkylation sites (tertiary alicyclic amines) is 1. The molecule has 1 aliphatic heterocycles. The zero-order chi connectivity index (χ0) is 15.3. The number of hydrogen-bond donors (Lipinski definition) is 2. The van der Waals surface area contributed by atoms with Gasteiger partial charge in [0.25, 0.3) is 0 Å². The standard InChI is InChI=1S/C14H21N3O2S2/c15-14(20)12-5-4-6-13(11-12)21(18,19)16-7-10-17-8-2-1-3-9-17/h4-6,11,16H,1-3,7-10H2,(H2,15,20). The van der Waals surface area contributed by atoms with E-state index in [9.17, 15) is 8.42 Å². The van der Waals surface area contributed by atoms with Gasteiger partial charge in [0.1, 0.15) is 4.99 Å². The molecule has 0 aliphatic carbocycles. The minimum Gasteiger partial charge on any atom is -0.389 e. The average molecular weight is 327 g/mol. The van der Waals surface area contributed by atoms with Gasteiger partial charge >= 0.3 is 0 Å². The first-order valence-corrected chi connectivity index (χ1v) is 9.00. The van der Waals surface area contributed by atoms with Crippen molar-refractivity contribution in [3.05, 3.63) is 29.8 Å². The Morgan fingerprint density at radius 2 is 2.00 bits per heavy atom. The number of piperidine rings is 1. The molecule has 116 valence electrons. The van der Waals surface area contributed by atoms with Gasteiger partial charge < -0.3 is 10.6 Å². The molecule has 5 nitrogen and oxygen atoms in total. The quantitative estimate of drug-likeness (QED) is 0.765. The van der Waals surface area contributed by atoms with Crippen LogP contribution in [0.3, 0.4) is 0 Å². The maximum absolute atomic E-state index is 12.2. The molecule has 1 heterocycles. The second-order valence-corrected chi connectivity index (χ2v) is 7.40. The van der Waals surface area contributed by atoms with Crippen molar-refractivity contribution >= 4 is 27.2 Å². The highest BCUT2D eigenvalue weighted by Crippen LogP contribution is 2.12. The Morgan fingerprint density at radius 1 is 1.29 bits per heavy atom. The van der Waals surface area contributed by atoms with Crippen LogP contribution in [0.5, 0.6) is 0 Å². The number of rotatable bonds is 6. The minimum atomic E-state index is -3.51. The van der Waals surface area contributed by atoms with E-state index in [1.165, 1.54) is 25.3 Å². The van der Waals surface area contributed by atoms with Crippen LogP contribution in [0.25, 0.3) is 0 Å². The first kappa shape index (κ1) is 16.4. The van der Waals surface area contributed by atoms with E-state index in [-0.39, 0.29) is 9.88 Å². The van der Waals surface area contributed by atoms with Crippen molar-refractivity contribution in [3.8, 4) is 0 Å². The van der Waals surface area contributed by atoms with Gasteiger partial charge in [-0.1, -0.05) is 30.8 Å². The fourth-order valence-corrected chi connectivity index (χ4v) is 3.61. The van der Waals surface area contributed by atoms with Gasteiger partial charge in [0.15, 0.2) is 0 Å². The van der Waals surface area contributed by atoms with E-state index < -0.39 is 10.0 Å². The second-order valence-electron chi connectivity index (χ2n) is 5.19. The van der Waals surface area contributed by atoms with Gasteiger partial charge in [-0.25, -0.2) is 13.1 Å². The molecule has 1 aromatic rings. The number of thiocarbonyl (C=S) groups is 1. The molecular weight excluding hydrogens is 306 g/mol.